The van der Waals surface area contributed by atoms with Crippen LogP contribution >= 0.6 is 0 Å². The second kappa shape index (κ2) is 3.97. The predicted octanol–water partition coefficient (Wildman–Crippen LogP) is -0.0504. The van der Waals surface area contributed by atoms with Gasteiger partial charge in [0, 0.05) is 6.20 Å². The second-order valence-electron chi connectivity index (χ2n) is 5.72. The number of nitrogens with zero attached hydrogens (tertiary/aromatic N) is 1. The highest BCUT2D eigenvalue weighted by atomic mass is 16.6. The number of H-pyrrole nitrogens is 1. The van der Waals surface area contributed by atoms with Gasteiger partial charge in [-0.05, 0) is 33.6 Å². The Morgan fingerprint density at radius 1 is 1.42 bits per heavy atom. The minimum absolute atomic E-state index is 0.102. The van der Waals surface area contributed by atoms with Crippen LogP contribution in [0.4, 0.5) is 5.69 Å². The van der Waals surface area contributed by atoms with Crippen LogP contribution in [0.2, 0.25) is 0 Å². The largest absolute Gasteiger partial charge is 0.458 e. The maximum absolute atomic E-state index is 12.2. The number of aromatic nitrogens is 2. The van der Waals surface area contributed by atoms with Gasteiger partial charge in [-0.15, -0.1) is 0 Å². The molecule has 0 aliphatic heterocycles. The van der Waals surface area contributed by atoms with Crippen LogP contribution in [0.5, 0.6) is 0 Å². The maximum Gasteiger partial charge on any atom is 0.333 e. The summed E-state index contributed by atoms with van der Waals surface area (Å²) < 4.78 is 6.15. The SMILES string of the molecule is CC(C)(C)OC(=O)C1(n2c(=O)[nH]cc(N)c2=O)CC1. The molecule has 0 unspecified atom stereocenters. The fourth-order valence-corrected chi connectivity index (χ4v) is 1.89. The Hall–Kier alpha value is -2.05. The first kappa shape index (κ1) is 13.4. The van der Waals surface area contributed by atoms with Gasteiger partial charge in [0.2, 0.25) is 0 Å². The Labute approximate surface area is 109 Å². The molecular weight excluding hydrogens is 250 g/mol. The van der Waals surface area contributed by atoms with Gasteiger partial charge in [-0.2, -0.15) is 0 Å². The lowest BCUT2D eigenvalue weighted by molar-refractivity contribution is -0.161. The van der Waals surface area contributed by atoms with Gasteiger partial charge in [0.1, 0.15) is 11.3 Å². The zero-order chi connectivity index (χ0) is 14.4. The molecule has 0 radical (unpaired) electrons. The summed E-state index contributed by atoms with van der Waals surface area (Å²) in [5.41, 5.74) is 2.19. The monoisotopic (exact) mass is 267 g/mol. The van der Waals surface area contributed by atoms with Crippen LogP contribution in [0.3, 0.4) is 0 Å². The predicted molar refractivity (Wildman–Crippen MR) is 68.8 cm³/mol. The van der Waals surface area contributed by atoms with E-state index in [0.29, 0.717) is 12.8 Å². The molecule has 1 aliphatic rings. The molecule has 7 nitrogen and oxygen atoms in total. The average molecular weight is 267 g/mol. The van der Waals surface area contributed by atoms with Crippen LogP contribution in [-0.2, 0) is 15.1 Å². The molecule has 1 fully saturated rings. The van der Waals surface area contributed by atoms with E-state index in [1.807, 2.05) is 0 Å². The zero-order valence-electron chi connectivity index (χ0n) is 11.1. The van der Waals surface area contributed by atoms with E-state index >= 15 is 0 Å². The van der Waals surface area contributed by atoms with E-state index < -0.39 is 28.4 Å². The van der Waals surface area contributed by atoms with Crippen molar-refractivity contribution in [1.29, 1.82) is 0 Å². The fraction of sp³-hybridized carbons (Fsp3) is 0.583. The molecular formula is C12H17N3O4. The van der Waals surface area contributed by atoms with Crippen molar-refractivity contribution in [3.63, 3.8) is 0 Å². The number of carbonyl (C=O) groups excluding carboxylic acids is 1. The van der Waals surface area contributed by atoms with Crippen molar-refractivity contribution in [2.45, 2.75) is 44.8 Å². The van der Waals surface area contributed by atoms with Crippen molar-refractivity contribution in [1.82, 2.24) is 9.55 Å². The van der Waals surface area contributed by atoms with E-state index in [-0.39, 0.29) is 5.69 Å². The first-order chi connectivity index (χ1) is 8.67. The van der Waals surface area contributed by atoms with Crippen molar-refractivity contribution < 1.29 is 9.53 Å². The number of anilines is 1. The quantitative estimate of drug-likeness (QED) is 0.730. The van der Waals surface area contributed by atoms with Gasteiger partial charge in [-0.3, -0.25) is 4.79 Å². The van der Waals surface area contributed by atoms with E-state index in [1.54, 1.807) is 20.8 Å². The molecule has 1 aliphatic carbocycles. The summed E-state index contributed by atoms with van der Waals surface area (Å²) in [4.78, 5) is 38.3. The third-order valence-electron chi connectivity index (χ3n) is 2.93. The third kappa shape index (κ3) is 2.27. The van der Waals surface area contributed by atoms with Gasteiger partial charge in [0.15, 0.2) is 5.54 Å². The lowest BCUT2D eigenvalue weighted by Crippen LogP contribution is -2.48. The average Bonchev–Trinajstić information content (AvgIpc) is 3.03. The van der Waals surface area contributed by atoms with Crippen LogP contribution in [0.1, 0.15) is 33.6 Å². The van der Waals surface area contributed by atoms with Gasteiger partial charge in [-0.1, -0.05) is 0 Å². The number of nitrogens with two attached hydrogens (primary N) is 1. The Bertz CT molecular complexity index is 632. The molecule has 0 aromatic carbocycles. The molecule has 2 rings (SSSR count). The van der Waals surface area contributed by atoms with Crippen molar-refractivity contribution in [3.05, 3.63) is 27.0 Å². The molecule has 1 aromatic heterocycles. The number of nitrogens with one attached hydrogen (secondary N) is 1. The van der Waals surface area contributed by atoms with E-state index in [0.717, 1.165) is 10.8 Å². The Balaban J connectivity index is 2.48. The summed E-state index contributed by atoms with van der Waals surface area (Å²) in [6, 6.07) is 0. The van der Waals surface area contributed by atoms with Gasteiger partial charge >= 0.3 is 11.7 Å². The van der Waals surface area contributed by atoms with Crippen LogP contribution in [0.25, 0.3) is 0 Å². The number of esters is 1. The van der Waals surface area contributed by atoms with Gasteiger partial charge in [-0.25, -0.2) is 14.2 Å². The highest BCUT2D eigenvalue weighted by Gasteiger charge is 2.56. The van der Waals surface area contributed by atoms with Crippen LogP contribution in [0.15, 0.2) is 15.8 Å². The van der Waals surface area contributed by atoms with Crippen LogP contribution in [-0.4, -0.2) is 21.1 Å². The lowest BCUT2D eigenvalue weighted by Gasteiger charge is -2.24. The topological polar surface area (TPSA) is 107 Å². The summed E-state index contributed by atoms with van der Waals surface area (Å²) >= 11 is 0. The normalized spacial score (nSPS) is 17.0. The van der Waals surface area contributed by atoms with E-state index in [2.05, 4.69) is 4.98 Å². The molecule has 104 valence electrons. The molecule has 0 saturated heterocycles. The number of carbonyl (C=O) groups is 1. The van der Waals surface area contributed by atoms with Gasteiger partial charge in [0.05, 0.1) is 0 Å². The first-order valence-electron chi connectivity index (χ1n) is 6.01. The van der Waals surface area contributed by atoms with Gasteiger partial charge in [0.25, 0.3) is 5.56 Å². The van der Waals surface area contributed by atoms with Gasteiger partial charge < -0.3 is 15.5 Å². The summed E-state index contributed by atoms with van der Waals surface area (Å²) in [5, 5.41) is 0. The van der Waals surface area contributed by atoms with Crippen molar-refractivity contribution in [2.24, 2.45) is 0 Å². The lowest BCUT2D eigenvalue weighted by atomic mass is 10.2. The zero-order valence-corrected chi connectivity index (χ0v) is 11.1. The molecule has 19 heavy (non-hydrogen) atoms. The number of nitrogen functional groups attached to an aromatic ring is 1. The summed E-state index contributed by atoms with van der Waals surface area (Å²) in [5.74, 6) is -0.571. The molecule has 1 aromatic rings. The second-order valence-corrected chi connectivity index (χ2v) is 5.72. The number of hydrogen-bond acceptors (Lipinski definition) is 5. The highest BCUT2D eigenvalue weighted by Crippen LogP contribution is 2.43. The highest BCUT2D eigenvalue weighted by molar-refractivity contribution is 5.82. The van der Waals surface area contributed by atoms with E-state index in [4.69, 9.17) is 10.5 Å². The van der Waals surface area contributed by atoms with E-state index in [9.17, 15) is 14.4 Å². The molecule has 1 saturated carbocycles. The fourth-order valence-electron chi connectivity index (χ4n) is 1.89. The molecule has 0 amide bonds. The molecule has 7 heteroatoms. The van der Waals surface area contributed by atoms with Crippen LogP contribution < -0.4 is 17.0 Å². The number of hydrogen-bond donors (Lipinski definition) is 2. The summed E-state index contributed by atoms with van der Waals surface area (Å²) in [6.45, 7) is 5.19. The Kier molecular flexibility index (Phi) is 2.80. The maximum atomic E-state index is 12.2. The van der Waals surface area contributed by atoms with Crippen LogP contribution in [0, 0.1) is 0 Å². The standard InChI is InChI=1S/C12H17N3O4/c1-11(2,3)19-9(17)12(4-5-12)15-8(16)7(13)6-14-10(15)18/h6H,4-5,13H2,1-3H3,(H,14,18). The molecule has 0 atom stereocenters. The number of aromatic amines is 1. The van der Waals surface area contributed by atoms with E-state index in [1.165, 1.54) is 0 Å². The summed E-state index contributed by atoms with van der Waals surface area (Å²) in [6.07, 6.45) is 1.93. The minimum Gasteiger partial charge on any atom is -0.458 e. The third-order valence-corrected chi connectivity index (χ3v) is 2.93. The Morgan fingerprint density at radius 2 is 2.00 bits per heavy atom. The molecule has 0 bridgehead atoms. The molecule has 0 spiro atoms. The summed E-state index contributed by atoms with van der Waals surface area (Å²) in [7, 11) is 0. The molecule has 3 N–H and O–H groups in total. The van der Waals surface area contributed by atoms with Crippen molar-refractivity contribution in [2.75, 3.05) is 5.73 Å². The number of ether oxygens (including phenoxy) is 1. The minimum atomic E-state index is -1.20. The number of rotatable bonds is 2. The van der Waals surface area contributed by atoms with Crippen molar-refractivity contribution >= 4 is 11.7 Å². The molecule has 1 heterocycles. The smallest absolute Gasteiger partial charge is 0.333 e. The Morgan fingerprint density at radius 3 is 2.47 bits per heavy atom. The van der Waals surface area contributed by atoms with Crippen molar-refractivity contribution in [3.8, 4) is 0 Å². The first-order valence-corrected chi connectivity index (χ1v) is 6.01.